The van der Waals surface area contributed by atoms with E-state index < -0.39 is 10.0 Å². The van der Waals surface area contributed by atoms with Gasteiger partial charge in [0, 0.05) is 25.3 Å². The van der Waals surface area contributed by atoms with Crippen LogP contribution in [-0.4, -0.2) is 34.3 Å². The number of anilines is 1. The van der Waals surface area contributed by atoms with Crippen LogP contribution >= 0.6 is 0 Å². The largest absolute Gasteiger partial charge is 0.370 e. The molecule has 0 aliphatic rings. The van der Waals surface area contributed by atoms with E-state index in [-0.39, 0.29) is 0 Å². The summed E-state index contributed by atoms with van der Waals surface area (Å²) in [6, 6.07) is 6.19. The Morgan fingerprint density at radius 2 is 1.94 bits per heavy atom. The summed E-state index contributed by atoms with van der Waals surface area (Å²) in [5, 5.41) is 0. The van der Waals surface area contributed by atoms with Crippen molar-refractivity contribution >= 4 is 15.7 Å². The van der Waals surface area contributed by atoms with Crippen LogP contribution in [0.3, 0.4) is 0 Å². The zero-order chi connectivity index (χ0) is 13.8. The lowest BCUT2D eigenvalue weighted by atomic mass is 10.1. The maximum Gasteiger partial charge on any atom is 0.208 e. The van der Waals surface area contributed by atoms with Gasteiger partial charge in [0.25, 0.3) is 0 Å². The Labute approximate surface area is 110 Å². The number of rotatable bonds is 6. The van der Waals surface area contributed by atoms with Gasteiger partial charge in [-0.05, 0) is 38.0 Å². The first-order chi connectivity index (χ1) is 8.35. The van der Waals surface area contributed by atoms with Crippen molar-refractivity contribution in [1.82, 2.24) is 4.72 Å². The summed E-state index contributed by atoms with van der Waals surface area (Å²) in [7, 11) is -3.11. The fraction of sp³-hybridized carbons (Fsp3) is 0.538. The fourth-order valence-electron chi connectivity index (χ4n) is 1.89. The number of sulfonamides is 1. The normalized spacial score (nSPS) is 11.6. The topological polar surface area (TPSA) is 49.4 Å². The highest BCUT2D eigenvalue weighted by Gasteiger charge is 2.09. The second kappa shape index (κ2) is 6.20. The van der Waals surface area contributed by atoms with Gasteiger partial charge in [-0.25, -0.2) is 13.1 Å². The van der Waals surface area contributed by atoms with Crippen LogP contribution in [0.25, 0.3) is 0 Å². The van der Waals surface area contributed by atoms with Crippen LogP contribution in [0.1, 0.15) is 18.1 Å². The second-order valence-electron chi connectivity index (χ2n) is 4.47. The third-order valence-corrected chi connectivity index (χ3v) is 3.77. The number of aryl methyl sites for hydroxylation is 1. The van der Waals surface area contributed by atoms with E-state index in [1.807, 2.05) is 6.07 Å². The van der Waals surface area contributed by atoms with Gasteiger partial charge < -0.3 is 4.90 Å². The molecule has 1 rings (SSSR count). The number of likely N-dealkylation sites (N-methyl/N-ethyl adjacent to an activating group) is 1. The third kappa shape index (κ3) is 4.31. The number of hydrogen-bond acceptors (Lipinski definition) is 3. The minimum Gasteiger partial charge on any atom is -0.370 e. The van der Waals surface area contributed by atoms with Crippen LogP contribution in [0.2, 0.25) is 0 Å². The van der Waals surface area contributed by atoms with E-state index in [0.29, 0.717) is 13.1 Å². The van der Waals surface area contributed by atoms with Gasteiger partial charge in [-0.2, -0.15) is 0 Å². The third-order valence-electron chi connectivity index (χ3n) is 3.04. The SMILES string of the molecule is CCN(CCNS(C)(=O)=O)c1cccc(C)c1C. The Bertz CT molecular complexity index is 498. The Morgan fingerprint density at radius 3 is 2.50 bits per heavy atom. The van der Waals surface area contributed by atoms with Crippen LogP contribution < -0.4 is 9.62 Å². The van der Waals surface area contributed by atoms with Gasteiger partial charge in [-0.1, -0.05) is 12.1 Å². The van der Waals surface area contributed by atoms with Crippen LogP contribution in [0.4, 0.5) is 5.69 Å². The highest BCUT2D eigenvalue weighted by molar-refractivity contribution is 7.88. The number of nitrogens with zero attached hydrogens (tertiary/aromatic N) is 1. The molecule has 0 saturated carbocycles. The van der Waals surface area contributed by atoms with Gasteiger partial charge in [-0.3, -0.25) is 0 Å². The molecule has 0 aliphatic carbocycles. The molecule has 0 aliphatic heterocycles. The van der Waals surface area contributed by atoms with E-state index in [2.05, 4.69) is 42.5 Å². The molecule has 0 spiro atoms. The molecule has 0 atom stereocenters. The average molecular weight is 270 g/mol. The van der Waals surface area contributed by atoms with Crippen molar-refractivity contribution < 1.29 is 8.42 Å². The molecule has 5 heteroatoms. The van der Waals surface area contributed by atoms with E-state index in [1.54, 1.807) is 0 Å². The van der Waals surface area contributed by atoms with Crippen LogP contribution in [0, 0.1) is 13.8 Å². The van der Waals surface area contributed by atoms with Crippen molar-refractivity contribution in [3.8, 4) is 0 Å². The number of hydrogen-bond donors (Lipinski definition) is 1. The summed E-state index contributed by atoms with van der Waals surface area (Å²) in [5.74, 6) is 0. The van der Waals surface area contributed by atoms with Crippen LogP contribution in [-0.2, 0) is 10.0 Å². The molecular weight excluding hydrogens is 248 g/mol. The van der Waals surface area contributed by atoms with Crippen LogP contribution in [0.15, 0.2) is 18.2 Å². The van der Waals surface area contributed by atoms with Crippen molar-refractivity contribution in [3.63, 3.8) is 0 Å². The van der Waals surface area contributed by atoms with Crippen molar-refractivity contribution in [1.29, 1.82) is 0 Å². The average Bonchev–Trinajstić information content (AvgIpc) is 2.27. The van der Waals surface area contributed by atoms with Gasteiger partial charge in [0.15, 0.2) is 0 Å². The van der Waals surface area contributed by atoms with Crippen LogP contribution in [0.5, 0.6) is 0 Å². The summed E-state index contributed by atoms with van der Waals surface area (Å²) >= 11 is 0. The molecule has 1 N–H and O–H groups in total. The Balaban J connectivity index is 2.75. The van der Waals surface area contributed by atoms with Crippen molar-refractivity contribution in [2.45, 2.75) is 20.8 Å². The van der Waals surface area contributed by atoms with Crippen molar-refractivity contribution in [2.75, 3.05) is 30.8 Å². The predicted octanol–water partition coefficient (Wildman–Crippen LogP) is 1.68. The van der Waals surface area contributed by atoms with Gasteiger partial charge >= 0.3 is 0 Å². The smallest absolute Gasteiger partial charge is 0.208 e. The standard InChI is InChI=1S/C13H22N2O2S/c1-5-15(10-9-14-18(4,16)17)13-8-6-7-11(2)12(13)3/h6-8,14H,5,9-10H2,1-4H3. The molecule has 4 nitrogen and oxygen atoms in total. The van der Waals surface area contributed by atoms with E-state index in [4.69, 9.17) is 0 Å². The number of nitrogens with one attached hydrogen (secondary N) is 1. The molecule has 18 heavy (non-hydrogen) atoms. The van der Waals surface area contributed by atoms with Gasteiger partial charge in [0.05, 0.1) is 6.26 Å². The molecule has 0 saturated heterocycles. The molecule has 1 aromatic rings. The van der Waals surface area contributed by atoms with E-state index >= 15 is 0 Å². The molecular formula is C13H22N2O2S. The predicted molar refractivity (Wildman–Crippen MR) is 76.6 cm³/mol. The minimum absolute atomic E-state index is 0.431. The first kappa shape index (κ1) is 15.0. The van der Waals surface area contributed by atoms with Gasteiger partial charge in [0.1, 0.15) is 0 Å². The lowest BCUT2D eigenvalue weighted by molar-refractivity contribution is 0.587. The van der Waals surface area contributed by atoms with Gasteiger partial charge in [-0.15, -0.1) is 0 Å². The molecule has 0 heterocycles. The molecule has 0 aromatic heterocycles. The zero-order valence-corrected chi connectivity index (χ0v) is 12.3. The minimum atomic E-state index is -3.11. The van der Waals surface area contributed by atoms with Crippen molar-refractivity contribution in [3.05, 3.63) is 29.3 Å². The maximum absolute atomic E-state index is 11.0. The summed E-state index contributed by atoms with van der Waals surface area (Å²) in [4.78, 5) is 2.18. The molecule has 0 unspecified atom stereocenters. The molecule has 0 radical (unpaired) electrons. The Morgan fingerprint density at radius 1 is 1.28 bits per heavy atom. The summed E-state index contributed by atoms with van der Waals surface area (Å²) in [6.45, 7) is 8.21. The molecule has 0 amide bonds. The van der Waals surface area contributed by atoms with Gasteiger partial charge in [0.2, 0.25) is 10.0 Å². The summed E-state index contributed by atoms with van der Waals surface area (Å²) in [5.41, 5.74) is 3.67. The van der Waals surface area contributed by atoms with E-state index in [1.165, 1.54) is 23.1 Å². The van der Waals surface area contributed by atoms with Crippen molar-refractivity contribution in [2.24, 2.45) is 0 Å². The Kier molecular flexibility index (Phi) is 5.16. The lowest BCUT2D eigenvalue weighted by Crippen LogP contribution is -2.34. The first-order valence-corrected chi connectivity index (χ1v) is 8.00. The summed E-state index contributed by atoms with van der Waals surface area (Å²) in [6.07, 6.45) is 1.18. The number of benzene rings is 1. The monoisotopic (exact) mass is 270 g/mol. The maximum atomic E-state index is 11.0. The summed E-state index contributed by atoms with van der Waals surface area (Å²) < 4.78 is 24.6. The highest BCUT2D eigenvalue weighted by atomic mass is 32.2. The van der Waals surface area contributed by atoms with E-state index in [9.17, 15) is 8.42 Å². The highest BCUT2D eigenvalue weighted by Crippen LogP contribution is 2.22. The molecule has 0 bridgehead atoms. The Hall–Kier alpha value is -1.07. The zero-order valence-electron chi connectivity index (χ0n) is 11.5. The molecule has 1 aromatic carbocycles. The first-order valence-electron chi connectivity index (χ1n) is 6.11. The fourth-order valence-corrected chi connectivity index (χ4v) is 2.36. The molecule has 0 fully saturated rings. The quantitative estimate of drug-likeness (QED) is 0.855. The lowest BCUT2D eigenvalue weighted by Gasteiger charge is -2.25. The van der Waals surface area contributed by atoms with E-state index in [0.717, 1.165) is 6.54 Å². The second-order valence-corrected chi connectivity index (χ2v) is 6.30. The molecule has 102 valence electrons.